The first-order valence-corrected chi connectivity index (χ1v) is 9.91. The fourth-order valence-corrected chi connectivity index (χ4v) is 4.16. The quantitative estimate of drug-likeness (QED) is 0.440. The van der Waals surface area contributed by atoms with Crippen molar-refractivity contribution in [3.63, 3.8) is 0 Å². The summed E-state index contributed by atoms with van der Waals surface area (Å²) in [6, 6.07) is 7.82. The second-order valence-corrected chi connectivity index (χ2v) is 8.05. The first-order chi connectivity index (χ1) is 13.3. The van der Waals surface area contributed by atoms with Crippen LogP contribution in [-0.4, -0.2) is 60.9 Å². The first-order valence-electron chi connectivity index (χ1n) is 8.65. The molecule has 1 aliphatic rings. The molecule has 8 heteroatoms. The Balaban J connectivity index is 2.12. The molecular weight excluding hydrogens is 400 g/mol. The zero-order chi connectivity index (χ0) is 20.4. The summed E-state index contributed by atoms with van der Waals surface area (Å²) in [5, 5.41) is 13.2. The standard InChI is InChI=1S/C20H21ClN2O4S/c1-22(2)8-9-23-17(15-5-4-10-28-15)16(19(25)20(23)26)18(24)12-6-7-13(21)14(11-12)27-3/h4-7,10-11,17,24H,8-9H2,1-3H3/b18-16-. The first kappa shape index (κ1) is 20.4. The fraction of sp³-hybridized carbons (Fsp3) is 0.300. The molecule has 0 saturated carbocycles. The number of carbonyl (C=O) groups excluding carboxylic acids is 2. The van der Waals surface area contributed by atoms with Crippen LogP contribution in [0.1, 0.15) is 16.5 Å². The number of ketones is 1. The molecule has 0 radical (unpaired) electrons. The van der Waals surface area contributed by atoms with Crippen LogP contribution in [0, 0.1) is 0 Å². The maximum Gasteiger partial charge on any atom is 0.295 e. The van der Waals surface area contributed by atoms with Gasteiger partial charge in [0, 0.05) is 23.5 Å². The Morgan fingerprint density at radius 1 is 1.32 bits per heavy atom. The van der Waals surface area contributed by atoms with E-state index in [2.05, 4.69) is 0 Å². The summed E-state index contributed by atoms with van der Waals surface area (Å²) in [4.78, 5) is 29.8. The van der Waals surface area contributed by atoms with Gasteiger partial charge in [0.05, 0.1) is 23.7 Å². The number of Topliss-reactive ketones (excluding diaryl/α,β-unsaturated/α-hetero) is 1. The number of rotatable bonds is 6. The van der Waals surface area contributed by atoms with Gasteiger partial charge in [0.1, 0.15) is 11.5 Å². The number of aliphatic hydroxyl groups is 1. The van der Waals surface area contributed by atoms with Crippen molar-refractivity contribution >= 4 is 40.4 Å². The number of halogens is 1. The van der Waals surface area contributed by atoms with Gasteiger partial charge in [0.15, 0.2) is 0 Å². The number of thiophene rings is 1. The molecule has 3 rings (SSSR count). The lowest BCUT2D eigenvalue weighted by Crippen LogP contribution is -2.35. The Bertz CT molecular complexity index is 924. The maximum atomic E-state index is 12.8. The number of nitrogens with zero attached hydrogens (tertiary/aromatic N) is 2. The lowest BCUT2D eigenvalue weighted by molar-refractivity contribution is -0.140. The number of aliphatic hydroxyl groups excluding tert-OH is 1. The van der Waals surface area contributed by atoms with Gasteiger partial charge in [-0.15, -0.1) is 11.3 Å². The number of amides is 1. The highest BCUT2D eigenvalue weighted by molar-refractivity contribution is 7.10. The van der Waals surface area contributed by atoms with Gasteiger partial charge in [-0.25, -0.2) is 0 Å². The van der Waals surface area contributed by atoms with Gasteiger partial charge in [-0.2, -0.15) is 0 Å². The Kier molecular flexibility index (Phi) is 6.07. The second-order valence-electron chi connectivity index (χ2n) is 6.66. The molecule has 1 fully saturated rings. The van der Waals surface area contributed by atoms with Crippen molar-refractivity contribution in [3.05, 3.63) is 56.7 Å². The number of methoxy groups -OCH3 is 1. The predicted octanol–water partition coefficient (Wildman–Crippen LogP) is 3.39. The van der Waals surface area contributed by atoms with Crippen LogP contribution in [0.4, 0.5) is 0 Å². The molecule has 1 unspecified atom stereocenters. The van der Waals surface area contributed by atoms with Crippen LogP contribution in [0.5, 0.6) is 5.75 Å². The lowest BCUT2D eigenvalue weighted by Gasteiger charge is -2.25. The Hall–Kier alpha value is -2.35. The minimum absolute atomic E-state index is 0.0792. The van der Waals surface area contributed by atoms with Gasteiger partial charge < -0.3 is 19.6 Å². The van der Waals surface area contributed by atoms with Gasteiger partial charge >= 0.3 is 0 Å². The molecule has 0 spiro atoms. The third-order valence-electron chi connectivity index (χ3n) is 4.57. The summed E-state index contributed by atoms with van der Waals surface area (Å²) in [5.41, 5.74) is 0.448. The number of carbonyl (C=O) groups is 2. The van der Waals surface area contributed by atoms with Crippen LogP contribution in [0.2, 0.25) is 5.02 Å². The minimum Gasteiger partial charge on any atom is -0.507 e. The van der Waals surface area contributed by atoms with Gasteiger partial charge in [-0.1, -0.05) is 17.7 Å². The van der Waals surface area contributed by atoms with Crippen molar-refractivity contribution in [2.75, 3.05) is 34.3 Å². The Morgan fingerprint density at radius 3 is 2.68 bits per heavy atom. The third-order valence-corrected chi connectivity index (χ3v) is 5.80. The van der Waals surface area contributed by atoms with E-state index in [4.69, 9.17) is 16.3 Å². The van der Waals surface area contributed by atoms with E-state index in [0.717, 1.165) is 4.88 Å². The number of hydrogen-bond donors (Lipinski definition) is 1. The summed E-state index contributed by atoms with van der Waals surface area (Å²) in [6.45, 7) is 0.977. The highest BCUT2D eigenvalue weighted by Crippen LogP contribution is 2.41. The summed E-state index contributed by atoms with van der Waals surface area (Å²) in [6.07, 6.45) is 0. The van der Waals surface area contributed by atoms with E-state index in [1.165, 1.54) is 23.3 Å². The molecule has 0 bridgehead atoms. The van der Waals surface area contributed by atoms with Crippen LogP contribution in [0.15, 0.2) is 41.3 Å². The fourth-order valence-electron chi connectivity index (χ4n) is 3.12. The number of benzene rings is 1. The number of likely N-dealkylation sites (tertiary alicyclic amines) is 1. The number of hydrogen-bond acceptors (Lipinski definition) is 6. The van der Waals surface area contributed by atoms with Crippen molar-refractivity contribution in [2.45, 2.75) is 6.04 Å². The van der Waals surface area contributed by atoms with E-state index in [0.29, 0.717) is 29.4 Å². The Morgan fingerprint density at radius 2 is 2.07 bits per heavy atom. The van der Waals surface area contributed by atoms with Gasteiger partial charge in [-0.05, 0) is 43.7 Å². The number of ether oxygens (including phenoxy) is 1. The smallest absolute Gasteiger partial charge is 0.295 e. The summed E-state index contributed by atoms with van der Waals surface area (Å²) >= 11 is 7.50. The SMILES string of the molecule is COc1cc(/C(O)=C2/C(=O)C(=O)N(CCN(C)C)C2c2cccs2)ccc1Cl. The molecule has 2 aromatic rings. The van der Waals surface area contributed by atoms with E-state index in [1.54, 1.807) is 18.2 Å². The van der Waals surface area contributed by atoms with Crippen LogP contribution in [-0.2, 0) is 9.59 Å². The highest BCUT2D eigenvalue weighted by atomic mass is 35.5. The minimum atomic E-state index is -0.691. The zero-order valence-electron chi connectivity index (χ0n) is 15.8. The second kappa shape index (κ2) is 8.34. The largest absolute Gasteiger partial charge is 0.507 e. The molecule has 6 nitrogen and oxygen atoms in total. The molecule has 148 valence electrons. The molecular formula is C20H21ClN2O4S. The van der Waals surface area contributed by atoms with E-state index >= 15 is 0 Å². The third kappa shape index (κ3) is 3.78. The molecule has 0 aliphatic carbocycles. The monoisotopic (exact) mass is 420 g/mol. The van der Waals surface area contributed by atoms with E-state index < -0.39 is 17.7 Å². The molecule has 1 aromatic heterocycles. The molecule has 1 amide bonds. The van der Waals surface area contributed by atoms with Crippen LogP contribution < -0.4 is 4.74 Å². The normalized spacial score (nSPS) is 18.9. The van der Waals surface area contributed by atoms with Crippen LogP contribution in [0.3, 0.4) is 0 Å². The molecule has 1 atom stereocenters. The Labute approximate surface area is 172 Å². The average molecular weight is 421 g/mol. The lowest BCUT2D eigenvalue weighted by atomic mass is 9.99. The summed E-state index contributed by atoms with van der Waals surface area (Å²) < 4.78 is 5.20. The van der Waals surface area contributed by atoms with Crippen molar-refractivity contribution < 1.29 is 19.4 Å². The van der Waals surface area contributed by atoms with Crippen LogP contribution in [0.25, 0.3) is 5.76 Å². The molecule has 1 N–H and O–H groups in total. The molecule has 1 aromatic carbocycles. The van der Waals surface area contributed by atoms with Crippen molar-refractivity contribution in [1.82, 2.24) is 9.80 Å². The maximum absolute atomic E-state index is 12.8. The van der Waals surface area contributed by atoms with Crippen molar-refractivity contribution in [1.29, 1.82) is 0 Å². The highest BCUT2D eigenvalue weighted by Gasteiger charge is 2.46. The van der Waals surface area contributed by atoms with E-state index in [9.17, 15) is 14.7 Å². The summed E-state index contributed by atoms with van der Waals surface area (Å²) in [7, 11) is 5.27. The molecule has 2 heterocycles. The van der Waals surface area contributed by atoms with Gasteiger partial charge in [0.2, 0.25) is 0 Å². The summed E-state index contributed by atoms with van der Waals surface area (Å²) in [5.74, 6) is -1.16. The molecule has 1 saturated heterocycles. The topological polar surface area (TPSA) is 70.1 Å². The van der Waals surface area contributed by atoms with Crippen molar-refractivity contribution in [3.8, 4) is 5.75 Å². The van der Waals surface area contributed by atoms with Gasteiger partial charge in [-0.3, -0.25) is 9.59 Å². The average Bonchev–Trinajstić information content (AvgIpc) is 3.27. The molecule has 28 heavy (non-hydrogen) atoms. The van der Waals surface area contributed by atoms with E-state index in [-0.39, 0.29) is 11.3 Å². The van der Waals surface area contributed by atoms with Crippen molar-refractivity contribution in [2.24, 2.45) is 0 Å². The zero-order valence-corrected chi connectivity index (χ0v) is 17.4. The predicted molar refractivity (Wildman–Crippen MR) is 110 cm³/mol. The number of likely N-dealkylation sites (N-methyl/N-ethyl adjacent to an activating group) is 1. The van der Waals surface area contributed by atoms with E-state index in [1.807, 2.05) is 36.5 Å². The van der Waals surface area contributed by atoms with Crippen LogP contribution >= 0.6 is 22.9 Å². The van der Waals surface area contributed by atoms with Gasteiger partial charge in [0.25, 0.3) is 11.7 Å². The molecule has 1 aliphatic heterocycles.